The van der Waals surface area contributed by atoms with Crippen molar-refractivity contribution in [2.75, 3.05) is 13.1 Å². The number of rotatable bonds is 4. The fourth-order valence-corrected chi connectivity index (χ4v) is 3.01. The Morgan fingerprint density at radius 2 is 2.24 bits per heavy atom. The van der Waals surface area contributed by atoms with Gasteiger partial charge in [-0.1, -0.05) is 31.1 Å². The molecular formula is C16H22ClN5O3. The predicted octanol–water partition coefficient (Wildman–Crippen LogP) is 2.63. The van der Waals surface area contributed by atoms with Crippen LogP contribution in [0.25, 0.3) is 11.4 Å². The largest absolute Gasteiger partial charge is 0.338 e. The van der Waals surface area contributed by atoms with Crippen molar-refractivity contribution in [1.29, 1.82) is 0 Å². The number of hydrogen-bond donors (Lipinski definition) is 1. The van der Waals surface area contributed by atoms with Gasteiger partial charge in [0, 0.05) is 36.8 Å². The van der Waals surface area contributed by atoms with Crippen LogP contribution < -0.4 is 5.73 Å². The third kappa shape index (κ3) is 4.33. The molecule has 1 aliphatic rings. The van der Waals surface area contributed by atoms with Crippen LogP contribution >= 0.6 is 12.4 Å². The molecule has 0 aliphatic carbocycles. The van der Waals surface area contributed by atoms with E-state index in [1.165, 1.54) is 12.1 Å². The van der Waals surface area contributed by atoms with Crippen LogP contribution in [0.5, 0.6) is 0 Å². The van der Waals surface area contributed by atoms with E-state index in [4.69, 9.17) is 10.3 Å². The molecule has 9 heteroatoms. The first-order valence-corrected chi connectivity index (χ1v) is 7.90. The van der Waals surface area contributed by atoms with Crippen molar-refractivity contribution in [1.82, 2.24) is 15.0 Å². The summed E-state index contributed by atoms with van der Waals surface area (Å²) in [6.07, 6.45) is 0.929. The van der Waals surface area contributed by atoms with Crippen LogP contribution in [-0.4, -0.2) is 39.1 Å². The Hall–Kier alpha value is -2.03. The number of halogens is 1. The van der Waals surface area contributed by atoms with Gasteiger partial charge >= 0.3 is 0 Å². The normalized spacial score (nSPS) is 20.0. The van der Waals surface area contributed by atoms with Crippen molar-refractivity contribution < 1.29 is 9.45 Å². The molecule has 1 unspecified atom stereocenters. The Morgan fingerprint density at radius 3 is 2.92 bits per heavy atom. The number of nitrogens with two attached hydrogens (primary N) is 1. The van der Waals surface area contributed by atoms with E-state index in [1.54, 1.807) is 12.1 Å². The summed E-state index contributed by atoms with van der Waals surface area (Å²) >= 11 is 0. The summed E-state index contributed by atoms with van der Waals surface area (Å²) in [6, 6.07) is 6.40. The van der Waals surface area contributed by atoms with Crippen molar-refractivity contribution in [3.8, 4) is 11.4 Å². The number of benzene rings is 1. The van der Waals surface area contributed by atoms with E-state index in [1.807, 2.05) is 0 Å². The van der Waals surface area contributed by atoms with E-state index in [-0.39, 0.29) is 29.6 Å². The van der Waals surface area contributed by atoms with Gasteiger partial charge in [0.05, 0.1) is 11.5 Å². The highest BCUT2D eigenvalue weighted by Crippen LogP contribution is 2.28. The molecule has 8 nitrogen and oxygen atoms in total. The topological polar surface area (TPSA) is 111 Å². The molecule has 0 radical (unpaired) electrons. The molecule has 1 atom stereocenters. The minimum atomic E-state index is -0.441. The van der Waals surface area contributed by atoms with Gasteiger partial charge in [-0.3, -0.25) is 15.0 Å². The summed E-state index contributed by atoms with van der Waals surface area (Å²) < 4.78 is 5.31. The molecule has 1 aromatic heterocycles. The number of aromatic nitrogens is 2. The lowest BCUT2D eigenvalue weighted by Crippen LogP contribution is -2.52. The van der Waals surface area contributed by atoms with Crippen molar-refractivity contribution >= 4 is 18.1 Å². The molecule has 1 aliphatic heterocycles. The maximum absolute atomic E-state index is 10.9. The Bertz CT molecular complexity index is 749. The van der Waals surface area contributed by atoms with Crippen molar-refractivity contribution in [2.45, 2.75) is 32.9 Å². The van der Waals surface area contributed by atoms with Crippen LogP contribution in [0.1, 0.15) is 26.2 Å². The van der Waals surface area contributed by atoms with Crippen LogP contribution in [0.3, 0.4) is 0 Å². The standard InChI is InChI=1S/C16H21N5O3.ClH/c1-16(2)10-20(7-6-13(16)17)9-14-18-15(19-24-14)11-4-3-5-12(8-11)21(22)23;/h3-5,8,13H,6-7,9-10,17H2,1-2H3;1H. The molecule has 1 fully saturated rings. The van der Waals surface area contributed by atoms with Gasteiger partial charge < -0.3 is 10.3 Å². The third-order valence-corrected chi connectivity index (χ3v) is 4.53. The number of nitrogens with zero attached hydrogens (tertiary/aromatic N) is 4. The predicted molar refractivity (Wildman–Crippen MR) is 95.3 cm³/mol. The SMILES string of the molecule is CC1(C)CN(Cc2nc(-c3cccc([N+](=O)[O-])c3)no2)CCC1N.Cl. The van der Waals surface area contributed by atoms with E-state index in [2.05, 4.69) is 28.9 Å². The first-order valence-electron chi connectivity index (χ1n) is 7.90. The Kier molecular flexibility index (Phi) is 5.76. The van der Waals surface area contributed by atoms with Gasteiger partial charge in [0.25, 0.3) is 5.69 Å². The Morgan fingerprint density at radius 1 is 1.48 bits per heavy atom. The fraction of sp³-hybridized carbons (Fsp3) is 0.500. The molecule has 0 amide bonds. The average molecular weight is 368 g/mol. The maximum Gasteiger partial charge on any atom is 0.270 e. The summed E-state index contributed by atoms with van der Waals surface area (Å²) in [5.74, 6) is 0.865. The van der Waals surface area contributed by atoms with Crippen LogP contribution in [0.4, 0.5) is 5.69 Å². The van der Waals surface area contributed by atoms with E-state index in [0.717, 1.165) is 19.5 Å². The second-order valence-corrected chi connectivity index (χ2v) is 6.91. The van der Waals surface area contributed by atoms with Crippen molar-refractivity contribution in [3.63, 3.8) is 0 Å². The monoisotopic (exact) mass is 367 g/mol. The van der Waals surface area contributed by atoms with Crippen LogP contribution in [-0.2, 0) is 6.54 Å². The molecule has 2 heterocycles. The second kappa shape index (κ2) is 7.47. The second-order valence-electron chi connectivity index (χ2n) is 6.91. The first-order chi connectivity index (χ1) is 11.3. The van der Waals surface area contributed by atoms with Gasteiger partial charge in [-0.05, 0) is 11.8 Å². The van der Waals surface area contributed by atoms with Gasteiger partial charge in [0.2, 0.25) is 11.7 Å². The minimum absolute atomic E-state index is 0. The van der Waals surface area contributed by atoms with Crippen LogP contribution in [0.2, 0.25) is 0 Å². The smallest absolute Gasteiger partial charge is 0.270 e. The third-order valence-electron chi connectivity index (χ3n) is 4.53. The number of nitro groups is 1. The fourth-order valence-electron chi connectivity index (χ4n) is 3.01. The first kappa shape index (κ1) is 19.3. The van der Waals surface area contributed by atoms with E-state index < -0.39 is 4.92 Å². The zero-order valence-corrected chi connectivity index (χ0v) is 15.0. The number of non-ortho nitro benzene ring substituents is 1. The molecule has 2 aromatic rings. The lowest BCUT2D eigenvalue weighted by Gasteiger charge is -2.42. The molecule has 2 N–H and O–H groups in total. The summed E-state index contributed by atoms with van der Waals surface area (Å²) in [6.45, 7) is 6.62. The quantitative estimate of drug-likeness (QED) is 0.652. The summed E-state index contributed by atoms with van der Waals surface area (Å²) in [5.41, 5.74) is 6.77. The van der Waals surface area contributed by atoms with Crippen LogP contribution in [0.15, 0.2) is 28.8 Å². The molecule has 136 valence electrons. The number of piperidine rings is 1. The Labute approximate surface area is 151 Å². The average Bonchev–Trinajstić information content (AvgIpc) is 2.99. The zero-order valence-electron chi connectivity index (χ0n) is 14.2. The lowest BCUT2D eigenvalue weighted by atomic mass is 9.80. The van der Waals surface area contributed by atoms with Crippen molar-refractivity contribution in [2.24, 2.45) is 11.1 Å². The number of likely N-dealkylation sites (tertiary alicyclic amines) is 1. The molecule has 0 spiro atoms. The highest BCUT2D eigenvalue weighted by atomic mass is 35.5. The van der Waals surface area contributed by atoms with Gasteiger partial charge in [0.1, 0.15) is 0 Å². The summed E-state index contributed by atoms with van der Waals surface area (Å²) in [4.78, 5) is 17.0. The summed E-state index contributed by atoms with van der Waals surface area (Å²) in [7, 11) is 0. The maximum atomic E-state index is 10.9. The highest BCUT2D eigenvalue weighted by molar-refractivity contribution is 5.85. The lowest BCUT2D eigenvalue weighted by molar-refractivity contribution is -0.384. The number of nitro benzene ring substituents is 1. The van der Waals surface area contributed by atoms with Gasteiger partial charge in [-0.2, -0.15) is 4.98 Å². The van der Waals surface area contributed by atoms with E-state index in [0.29, 0.717) is 23.8 Å². The Balaban J connectivity index is 0.00000225. The van der Waals surface area contributed by atoms with Gasteiger partial charge in [0.15, 0.2) is 0 Å². The minimum Gasteiger partial charge on any atom is -0.338 e. The molecule has 1 saturated heterocycles. The molecular weight excluding hydrogens is 346 g/mol. The molecule has 0 saturated carbocycles. The van der Waals surface area contributed by atoms with Crippen molar-refractivity contribution in [3.05, 3.63) is 40.3 Å². The summed E-state index contributed by atoms with van der Waals surface area (Å²) in [5, 5.41) is 14.8. The van der Waals surface area contributed by atoms with E-state index >= 15 is 0 Å². The number of hydrogen-bond acceptors (Lipinski definition) is 7. The molecule has 3 rings (SSSR count). The highest BCUT2D eigenvalue weighted by Gasteiger charge is 2.33. The van der Waals surface area contributed by atoms with Gasteiger partial charge in [-0.25, -0.2) is 0 Å². The molecule has 0 bridgehead atoms. The molecule has 1 aromatic carbocycles. The van der Waals surface area contributed by atoms with E-state index in [9.17, 15) is 10.1 Å². The molecule has 25 heavy (non-hydrogen) atoms. The van der Waals surface area contributed by atoms with Crippen LogP contribution in [0, 0.1) is 15.5 Å². The van der Waals surface area contributed by atoms with Gasteiger partial charge in [-0.15, -0.1) is 12.4 Å². The zero-order chi connectivity index (χ0) is 17.3.